The molecule has 0 bridgehead atoms. The molecule has 0 aliphatic carbocycles. The van der Waals surface area contributed by atoms with Crippen LogP contribution in [0.15, 0.2) is 18.2 Å². The molecule has 18 heavy (non-hydrogen) atoms. The van der Waals surface area contributed by atoms with Gasteiger partial charge in [0, 0.05) is 6.04 Å². The molecule has 0 spiro atoms. The second-order valence-corrected chi connectivity index (χ2v) is 4.28. The first-order valence-electron chi connectivity index (χ1n) is 6.12. The number of para-hydroxylation sites is 1. The topological polar surface area (TPSA) is 73.6 Å². The maximum absolute atomic E-state index is 12.1. The fraction of sp³-hybridized carbons (Fsp3) is 0.462. The van der Waals surface area contributed by atoms with E-state index in [4.69, 9.17) is 15.2 Å². The van der Waals surface area contributed by atoms with Crippen molar-refractivity contribution in [2.45, 2.75) is 19.4 Å². The third-order valence-electron chi connectivity index (χ3n) is 2.79. The van der Waals surface area contributed by atoms with E-state index in [-0.39, 0.29) is 11.9 Å². The first-order valence-corrected chi connectivity index (χ1v) is 6.12. The number of carbonyl (C=O) groups excluding carboxylic acids is 1. The molecule has 98 valence electrons. The smallest absolute Gasteiger partial charge is 0.255 e. The van der Waals surface area contributed by atoms with E-state index in [1.54, 1.807) is 18.2 Å². The van der Waals surface area contributed by atoms with E-state index in [0.717, 1.165) is 6.42 Å². The number of hydrogen-bond donors (Lipinski definition) is 2. The molecule has 3 N–H and O–H groups in total. The number of rotatable bonds is 4. The predicted molar refractivity (Wildman–Crippen MR) is 68.0 cm³/mol. The summed E-state index contributed by atoms with van der Waals surface area (Å²) in [6, 6.07) is 5.37. The van der Waals surface area contributed by atoms with Gasteiger partial charge in [0.1, 0.15) is 13.2 Å². The largest absolute Gasteiger partial charge is 0.486 e. The molecule has 0 saturated heterocycles. The maximum Gasteiger partial charge on any atom is 0.255 e. The number of fused-ring (bicyclic) bond motifs is 1. The van der Waals surface area contributed by atoms with Crippen LogP contribution >= 0.6 is 0 Å². The molecule has 5 nitrogen and oxygen atoms in total. The van der Waals surface area contributed by atoms with Crippen LogP contribution in [0.3, 0.4) is 0 Å². The molecule has 0 aromatic heterocycles. The summed E-state index contributed by atoms with van der Waals surface area (Å²) in [5, 5.41) is 2.89. The molecule has 1 unspecified atom stereocenters. The van der Waals surface area contributed by atoms with Gasteiger partial charge in [-0.25, -0.2) is 0 Å². The minimum absolute atomic E-state index is 0.0443. The Hall–Kier alpha value is -1.75. The highest BCUT2D eigenvalue weighted by Gasteiger charge is 2.20. The normalized spacial score (nSPS) is 15.0. The molecule has 1 aliphatic heterocycles. The molecule has 0 saturated carbocycles. The Morgan fingerprint density at radius 1 is 1.44 bits per heavy atom. The lowest BCUT2D eigenvalue weighted by molar-refractivity contribution is 0.0928. The molecule has 1 amide bonds. The Morgan fingerprint density at radius 3 is 3.00 bits per heavy atom. The van der Waals surface area contributed by atoms with Crippen LogP contribution in [0.2, 0.25) is 0 Å². The zero-order valence-electron chi connectivity index (χ0n) is 10.4. The van der Waals surface area contributed by atoms with Crippen molar-refractivity contribution in [2.75, 3.05) is 19.8 Å². The average molecular weight is 250 g/mol. The monoisotopic (exact) mass is 250 g/mol. The van der Waals surface area contributed by atoms with Crippen molar-refractivity contribution in [3.8, 4) is 11.5 Å². The van der Waals surface area contributed by atoms with E-state index < -0.39 is 0 Å². The van der Waals surface area contributed by atoms with E-state index in [9.17, 15) is 4.79 Å². The summed E-state index contributed by atoms with van der Waals surface area (Å²) in [5.74, 6) is 1.000. The van der Waals surface area contributed by atoms with Crippen LogP contribution < -0.4 is 20.5 Å². The Balaban J connectivity index is 2.15. The molecule has 1 heterocycles. The number of ether oxygens (including phenoxy) is 2. The van der Waals surface area contributed by atoms with Gasteiger partial charge < -0.3 is 20.5 Å². The molecule has 1 atom stereocenters. The van der Waals surface area contributed by atoms with Crippen LogP contribution in [-0.4, -0.2) is 31.7 Å². The minimum atomic E-state index is -0.154. The second-order valence-electron chi connectivity index (χ2n) is 4.28. The first-order chi connectivity index (χ1) is 8.72. The lowest BCUT2D eigenvalue weighted by Crippen LogP contribution is -2.34. The molecule has 1 aliphatic rings. The highest BCUT2D eigenvalue weighted by Crippen LogP contribution is 2.33. The van der Waals surface area contributed by atoms with Crippen LogP contribution in [0.5, 0.6) is 11.5 Å². The molecule has 1 aromatic carbocycles. The number of nitrogens with one attached hydrogen (secondary N) is 1. The molecule has 0 radical (unpaired) electrons. The van der Waals surface area contributed by atoms with Crippen molar-refractivity contribution in [1.82, 2.24) is 5.32 Å². The van der Waals surface area contributed by atoms with Crippen molar-refractivity contribution in [2.24, 2.45) is 5.73 Å². The van der Waals surface area contributed by atoms with Crippen LogP contribution in [0.1, 0.15) is 23.7 Å². The Kier molecular flexibility index (Phi) is 4.04. The number of hydrogen-bond acceptors (Lipinski definition) is 4. The summed E-state index contributed by atoms with van der Waals surface area (Å²) in [5.41, 5.74) is 5.97. The number of carbonyl (C=O) groups is 1. The van der Waals surface area contributed by atoms with Gasteiger partial charge in [-0.2, -0.15) is 0 Å². The number of benzene rings is 1. The van der Waals surface area contributed by atoms with Crippen LogP contribution in [-0.2, 0) is 0 Å². The van der Waals surface area contributed by atoms with Crippen LogP contribution in [0.4, 0.5) is 0 Å². The van der Waals surface area contributed by atoms with Crippen molar-refractivity contribution in [3.05, 3.63) is 23.8 Å². The van der Waals surface area contributed by atoms with Gasteiger partial charge in [0.05, 0.1) is 5.56 Å². The van der Waals surface area contributed by atoms with E-state index >= 15 is 0 Å². The highest BCUT2D eigenvalue weighted by molar-refractivity contribution is 5.98. The van der Waals surface area contributed by atoms with Crippen molar-refractivity contribution >= 4 is 5.91 Å². The zero-order chi connectivity index (χ0) is 13.0. The predicted octanol–water partition coefficient (Wildman–Crippen LogP) is 0.925. The molecule has 2 rings (SSSR count). The molecular formula is C13H18N2O3. The fourth-order valence-electron chi connectivity index (χ4n) is 1.88. The summed E-state index contributed by atoms with van der Waals surface area (Å²) in [4.78, 5) is 12.1. The van der Waals surface area contributed by atoms with Gasteiger partial charge in [0.2, 0.25) is 0 Å². The molecule has 5 heteroatoms. The Bertz CT molecular complexity index is 434. The van der Waals surface area contributed by atoms with Gasteiger partial charge in [0.25, 0.3) is 5.91 Å². The van der Waals surface area contributed by atoms with Crippen molar-refractivity contribution in [1.29, 1.82) is 0 Å². The summed E-state index contributed by atoms with van der Waals surface area (Å²) < 4.78 is 10.9. The van der Waals surface area contributed by atoms with E-state index in [1.807, 2.05) is 6.92 Å². The average Bonchev–Trinajstić information content (AvgIpc) is 2.38. The van der Waals surface area contributed by atoms with Gasteiger partial charge >= 0.3 is 0 Å². The lowest BCUT2D eigenvalue weighted by atomic mass is 10.1. The summed E-state index contributed by atoms with van der Waals surface area (Å²) in [6.45, 7) is 3.46. The summed E-state index contributed by atoms with van der Waals surface area (Å²) in [6.07, 6.45) is 0.748. The standard InChI is InChI=1S/C13H18N2O3/c1-9(5-6-14)15-13(16)10-3-2-4-11-12(10)18-8-7-17-11/h2-4,9H,5-8,14H2,1H3,(H,15,16). The van der Waals surface area contributed by atoms with Gasteiger partial charge in [-0.1, -0.05) is 6.07 Å². The number of amides is 1. The second kappa shape index (κ2) is 5.73. The van der Waals surface area contributed by atoms with Crippen LogP contribution in [0.25, 0.3) is 0 Å². The molecule has 0 fully saturated rings. The first kappa shape index (κ1) is 12.7. The third-order valence-corrected chi connectivity index (χ3v) is 2.79. The van der Waals surface area contributed by atoms with E-state index in [2.05, 4.69) is 5.32 Å². The Morgan fingerprint density at radius 2 is 2.22 bits per heavy atom. The third kappa shape index (κ3) is 2.73. The van der Waals surface area contributed by atoms with Gasteiger partial charge in [0.15, 0.2) is 11.5 Å². The Labute approximate surface area is 106 Å². The zero-order valence-corrected chi connectivity index (χ0v) is 10.4. The van der Waals surface area contributed by atoms with E-state index in [0.29, 0.717) is 36.8 Å². The molecule has 1 aromatic rings. The highest BCUT2D eigenvalue weighted by atomic mass is 16.6. The lowest BCUT2D eigenvalue weighted by Gasteiger charge is -2.21. The van der Waals surface area contributed by atoms with E-state index in [1.165, 1.54) is 0 Å². The SMILES string of the molecule is CC(CCN)NC(=O)c1cccc2c1OCCO2. The van der Waals surface area contributed by atoms with Crippen molar-refractivity contribution in [3.63, 3.8) is 0 Å². The summed E-state index contributed by atoms with van der Waals surface area (Å²) >= 11 is 0. The quantitative estimate of drug-likeness (QED) is 0.833. The van der Waals surface area contributed by atoms with Gasteiger partial charge in [-0.05, 0) is 32.0 Å². The summed E-state index contributed by atoms with van der Waals surface area (Å²) in [7, 11) is 0. The molecular weight excluding hydrogens is 232 g/mol. The maximum atomic E-state index is 12.1. The van der Waals surface area contributed by atoms with Gasteiger partial charge in [-0.3, -0.25) is 4.79 Å². The van der Waals surface area contributed by atoms with Crippen LogP contribution in [0, 0.1) is 0 Å². The minimum Gasteiger partial charge on any atom is -0.486 e. The van der Waals surface area contributed by atoms with Crippen molar-refractivity contribution < 1.29 is 14.3 Å². The number of nitrogens with two attached hydrogens (primary N) is 1. The van der Waals surface area contributed by atoms with Gasteiger partial charge in [-0.15, -0.1) is 0 Å². The fourth-order valence-corrected chi connectivity index (χ4v) is 1.88.